The zero-order chi connectivity index (χ0) is 15.6. The molecular weight excluding hydrogens is 287 g/mol. The van der Waals surface area contributed by atoms with Crippen molar-refractivity contribution in [2.75, 3.05) is 5.32 Å². The summed E-state index contributed by atoms with van der Waals surface area (Å²) in [6.45, 7) is -1.37. The van der Waals surface area contributed by atoms with Crippen LogP contribution in [0.4, 0.5) is 18.9 Å². The first-order chi connectivity index (χ1) is 9.86. The summed E-state index contributed by atoms with van der Waals surface area (Å²) in [6.07, 6.45) is 0. The van der Waals surface area contributed by atoms with Crippen molar-refractivity contribution in [3.63, 3.8) is 0 Å². The molecule has 8 heteroatoms. The van der Waals surface area contributed by atoms with Crippen LogP contribution in [0.2, 0.25) is 0 Å². The molecule has 1 N–H and O–H groups in total. The predicted molar refractivity (Wildman–Crippen MR) is 68.9 cm³/mol. The minimum atomic E-state index is -3.13. The lowest BCUT2D eigenvalue weighted by Crippen LogP contribution is -2.15. The molecule has 0 aliphatic heterocycles. The number of ether oxygens (including phenoxy) is 1. The number of carbonyl (C=O) groups is 1. The number of carbonyl (C=O) groups excluding carboxylic acids is 1. The van der Waals surface area contributed by atoms with Crippen LogP contribution in [0.15, 0.2) is 24.3 Å². The highest BCUT2D eigenvalue weighted by atomic mass is 19.3. The molecule has 1 amide bonds. The molecule has 0 fully saturated rings. The van der Waals surface area contributed by atoms with Gasteiger partial charge >= 0.3 is 6.61 Å². The summed E-state index contributed by atoms with van der Waals surface area (Å²) in [5.41, 5.74) is 0.802. The third kappa shape index (κ3) is 3.53. The van der Waals surface area contributed by atoms with E-state index in [2.05, 4.69) is 15.2 Å². The van der Waals surface area contributed by atoms with Gasteiger partial charge in [0, 0.05) is 18.8 Å². The van der Waals surface area contributed by atoms with Gasteiger partial charge in [0.15, 0.2) is 11.4 Å². The number of hydrogen-bond acceptors (Lipinski definition) is 3. The zero-order valence-electron chi connectivity index (χ0n) is 11.2. The highest BCUT2D eigenvalue weighted by Gasteiger charge is 2.16. The van der Waals surface area contributed by atoms with E-state index in [9.17, 15) is 18.0 Å². The van der Waals surface area contributed by atoms with Gasteiger partial charge in [-0.15, -0.1) is 0 Å². The second-order valence-corrected chi connectivity index (χ2v) is 4.27. The number of aryl methyl sites for hydroxylation is 2. The number of alkyl halides is 2. The largest absolute Gasteiger partial charge is 0.432 e. The molecule has 0 aliphatic rings. The summed E-state index contributed by atoms with van der Waals surface area (Å²) >= 11 is 0. The van der Waals surface area contributed by atoms with Gasteiger partial charge in [-0.3, -0.25) is 9.48 Å². The van der Waals surface area contributed by atoms with Crippen molar-refractivity contribution in [2.45, 2.75) is 13.5 Å². The van der Waals surface area contributed by atoms with Crippen LogP contribution < -0.4 is 10.1 Å². The normalized spacial score (nSPS) is 10.8. The number of nitrogens with one attached hydrogen (secondary N) is 1. The minimum absolute atomic E-state index is 0.0648. The third-order valence-corrected chi connectivity index (χ3v) is 2.75. The molecule has 0 saturated carbocycles. The standard InChI is InChI=1S/C13H12F3N3O2/c1-7-5-10(18-19(7)2)12(20)17-9-4-3-8(14)6-11(9)21-13(15)16/h3-6,13H,1-2H3,(H,17,20). The quantitative estimate of drug-likeness (QED) is 0.944. The van der Waals surface area contributed by atoms with E-state index in [4.69, 9.17) is 0 Å². The number of halogens is 3. The van der Waals surface area contributed by atoms with E-state index in [1.807, 2.05) is 0 Å². The molecule has 0 unspecified atom stereocenters. The first-order valence-electron chi connectivity index (χ1n) is 5.93. The first kappa shape index (κ1) is 14.9. The Hall–Kier alpha value is -2.51. The average molecular weight is 299 g/mol. The van der Waals surface area contributed by atoms with Crippen molar-refractivity contribution in [1.29, 1.82) is 0 Å². The molecule has 1 aromatic heterocycles. The van der Waals surface area contributed by atoms with Crippen LogP contribution >= 0.6 is 0 Å². The molecule has 0 spiro atoms. The third-order valence-electron chi connectivity index (χ3n) is 2.75. The van der Waals surface area contributed by atoms with E-state index in [0.29, 0.717) is 0 Å². The van der Waals surface area contributed by atoms with E-state index in [1.165, 1.54) is 10.7 Å². The van der Waals surface area contributed by atoms with Crippen molar-refractivity contribution in [3.8, 4) is 5.75 Å². The van der Waals surface area contributed by atoms with Crippen LogP contribution in [0.5, 0.6) is 5.75 Å². The molecule has 21 heavy (non-hydrogen) atoms. The molecule has 1 heterocycles. The summed E-state index contributed by atoms with van der Waals surface area (Å²) in [5.74, 6) is -1.81. The van der Waals surface area contributed by atoms with Crippen molar-refractivity contribution < 1.29 is 22.7 Å². The van der Waals surface area contributed by atoms with Gasteiger partial charge in [-0.05, 0) is 25.1 Å². The van der Waals surface area contributed by atoms with E-state index >= 15 is 0 Å². The lowest BCUT2D eigenvalue weighted by molar-refractivity contribution is -0.0495. The van der Waals surface area contributed by atoms with Crippen LogP contribution in [-0.2, 0) is 7.05 Å². The van der Waals surface area contributed by atoms with E-state index in [-0.39, 0.29) is 11.4 Å². The summed E-state index contributed by atoms with van der Waals surface area (Å²) in [6, 6.07) is 4.47. The second kappa shape index (κ2) is 5.86. The number of aromatic nitrogens is 2. The Balaban J connectivity index is 2.24. The fourth-order valence-corrected chi connectivity index (χ4v) is 1.65. The van der Waals surface area contributed by atoms with Crippen LogP contribution in [-0.4, -0.2) is 22.3 Å². The molecule has 5 nitrogen and oxygen atoms in total. The Labute approximate surface area is 118 Å². The monoisotopic (exact) mass is 299 g/mol. The van der Waals surface area contributed by atoms with Gasteiger partial charge < -0.3 is 10.1 Å². The summed E-state index contributed by atoms with van der Waals surface area (Å²) in [7, 11) is 1.66. The van der Waals surface area contributed by atoms with Gasteiger partial charge in [0.05, 0.1) is 5.69 Å². The van der Waals surface area contributed by atoms with Gasteiger partial charge in [-0.1, -0.05) is 0 Å². The molecule has 0 saturated heterocycles. The Morgan fingerprint density at radius 3 is 2.67 bits per heavy atom. The zero-order valence-corrected chi connectivity index (χ0v) is 11.2. The van der Waals surface area contributed by atoms with Crippen LogP contribution in [0.3, 0.4) is 0 Å². The second-order valence-electron chi connectivity index (χ2n) is 4.27. The van der Waals surface area contributed by atoms with E-state index in [1.54, 1.807) is 14.0 Å². The van der Waals surface area contributed by atoms with Crippen molar-refractivity contribution in [2.24, 2.45) is 7.05 Å². The Morgan fingerprint density at radius 2 is 2.10 bits per heavy atom. The average Bonchev–Trinajstić information content (AvgIpc) is 2.72. The number of hydrogen-bond donors (Lipinski definition) is 1. The van der Waals surface area contributed by atoms with Crippen LogP contribution in [0.1, 0.15) is 16.2 Å². The summed E-state index contributed by atoms with van der Waals surface area (Å²) in [5, 5.41) is 6.32. The number of nitrogens with zero attached hydrogens (tertiary/aromatic N) is 2. The number of anilines is 1. The summed E-state index contributed by atoms with van der Waals surface area (Å²) < 4.78 is 43.3. The van der Waals surface area contributed by atoms with Gasteiger partial charge in [-0.25, -0.2) is 4.39 Å². The maximum Gasteiger partial charge on any atom is 0.387 e. The maximum absolute atomic E-state index is 13.1. The van der Waals surface area contributed by atoms with Crippen molar-refractivity contribution in [1.82, 2.24) is 9.78 Å². The lowest BCUT2D eigenvalue weighted by atomic mass is 10.2. The Kier molecular flexibility index (Phi) is 4.15. The van der Waals surface area contributed by atoms with E-state index < -0.39 is 24.1 Å². The van der Waals surface area contributed by atoms with Crippen LogP contribution in [0, 0.1) is 12.7 Å². The Bertz CT molecular complexity index is 651. The lowest BCUT2D eigenvalue weighted by Gasteiger charge is -2.11. The van der Waals surface area contributed by atoms with Crippen molar-refractivity contribution >= 4 is 11.6 Å². The van der Waals surface area contributed by atoms with E-state index in [0.717, 1.165) is 23.9 Å². The van der Waals surface area contributed by atoms with Gasteiger partial charge in [0.25, 0.3) is 5.91 Å². The molecule has 0 bridgehead atoms. The summed E-state index contributed by atoms with van der Waals surface area (Å²) in [4.78, 5) is 12.0. The molecule has 2 rings (SSSR count). The maximum atomic E-state index is 13.1. The first-order valence-corrected chi connectivity index (χ1v) is 5.93. The number of rotatable bonds is 4. The van der Waals surface area contributed by atoms with Gasteiger partial charge in [0.2, 0.25) is 0 Å². The number of benzene rings is 1. The smallest absolute Gasteiger partial charge is 0.387 e. The molecule has 112 valence electrons. The molecule has 1 aromatic carbocycles. The van der Waals surface area contributed by atoms with Crippen molar-refractivity contribution in [3.05, 3.63) is 41.5 Å². The fraction of sp³-hybridized carbons (Fsp3) is 0.231. The predicted octanol–water partition coefficient (Wildman–Crippen LogP) is 2.72. The topological polar surface area (TPSA) is 56.1 Å². The highest BCUT2D eigenvalue weighted by Crippen LogP contribution is 2.27. The SMILES string of the molecule is Cc1cc(C(=O)Nc2ccc(F)cc2OC(F)F)nn1C. The fourth-order valence-electron chi connectivity index (χ4n) is 1.65. The molecule has 0 radical (unpaired) electrons. The van der Waals surface area contributed by atoms with Crippen LogP contribution in [0.25, 0.3) is 0 Å². The molecule has 0 aliphatic carbocycles. The van der Waals surface area contributed by atoms with Gasteiger partial charge in [0.1, 0.15) is 5.82 Å². The highest BCUT2D eigenvalue weighted by molar-refractivity contribution is 6.03. The minimum Gasteiger partial charge on any atom is -0.432 e. The Morgan fingerprint density at radius 1 is 1.38 bits per heavy atom. The molecular formula is C13H12F3N3O2. The van der Waals surface area contributed by atoms with Gasteiger partial charge in [-0.2, -0.15) is 13.9 Å². The number of amides is 1. The molecule has 0 atom stereocenters. The molecule has 2 aromatic rings.